The molecule has 1 aromatic heterocycles. The van der Waals surface area contributed by atoms with E-state index in [4.69, 9.17) is 26.5 Å². The minimum atomic E-state index is -4.46. The Morgan fingerprint density at radius 3 is 1.79 bits per heavy atom. The van der Waals surface area contributed by atoms with Gasteiger partial charge in [-0.05, 0) is 48.6 Å². The summed E-state index contributed by atoms with van der Waals surface area (Å²) in [4.78, 5) is 14.7. The zero-order valence-corrected chi connectivity index (χ0v) is 31.9. The minimum Gasteiger partial charge on any atom is -0.494 e. The van der Waals surface area contributed by atoms with Crippen LogP contribution in [0.4, 0.5) is 23.0 Å². The van der Waals surface area contributed by atoms with Crippen LogP contribution in [0.5, 0.6) is 5.75 Å². The highest BCUT2D eigenvalue weighted by Crippen LogP contribution is 2.36. The summed E-state index contributed by atoms with van der Waals surface area (Å²) in [5, 5.41) is 9.87. The molecule has 4 rings (SSSR count). The molecule has 0 amide bonds. The van der Waals surface area contributed by atoms with Crippen molar-refractivity contribution in [2.24, 2.45) is 10.2 Å². The van der Waals surface area contributed by atoms with E-state index in [0.29, 0.717) is 28.2 Å². The van der Waals surface area contributed by atoms with Crippen LogP contribution in [0.15, 0.2) is 80.0 Å². The van der Waals surface area contributed by atoms with Crippen LogP contribution in [0, 0.1) is 0 Å². The van der Waals surface area contributed by atoms with Crippen LogP contribution in [0.25, 0.3) is 10.8 Å². The third-order valence-electron chi connectivity index (χ3n) is 6.35. The Hall–Kier alpha value is -3.82. The van der Waals surface area contributed by atoms with Crippen LogP contribution in [0.2, 0.25) is 0 Å². The summed E-state index contributed by atoms with van der Waals surface area (Å²) in [6.07, 6.45) is 0.282. The highest BCUT2D eigenvalue weighted by molar-refractivity contribution is 7.99. The Morgan fingerprint density at radius 2 is 1.29 bits per heavy atom. The van der Waals surface area contributed by atoms with Crippen LogP contribution in [-0.2, 0) is 41.0 Å². The number of fused-ring (bicyclic) bond motifs is 1. The maximum Gasteiger partial charge on any atom is 0.425 e. The van der Waals surface area contributed by atoms with Gasteiger partial charge in [-0.3, -0.25) is 13.7 Å². The van der Waals surface area contributed by atoms with Gasteiger partial charge in [-0.1, -0.05) is 41.7 Å². The Bertz CT molecular complexity index is 2320. The molecule has 0 radical (unpaired) electrons. The zero-order valence-electron chi connectivity index (χ0n) is 27.0. The Labute approximate surface area is 308 Å². The van der Waals surface area contributed by atoms with Crippen molar-refractivity contribution in [3.05, 3.63) is 54.6 Å². The van der Waals surface area contributed by atoms with Gasteiger partial charge in [-0.2, -0.15) is 50.4 Å². The van der Waals surface area contributed by atoms with Gasteiger partial charge in [0.2, 0.25) is 5.95 Å². The van der Waals surface area contributed by atoms with Crippen LogP contribution in [-0.4, -0.2) is 104 Å². The predicted octanol–water partition coefficient (Wildman–Crippen LogP) is 4.20. The molecule has 0 bridgehead atoms. The fourth-order valence-electron chi connectivity index (χ4n) is 4.16. The quantitative estimate of drug-likeness (QED) is 0.0616. The summed E-state index contributed by atoms with van der Waals surface area (Å²) < 4.78 is 127. The fraction of sp³-hybridized carbons (Fsp3) is 0.296. The summed E-state index contributed by atoms with van der Waals surface area (Å²) in [6.45, 7) is 0. The zero-order chi connectivity index (χ0) is 38.7. The number of ether oxygens (including phenoxy) is 1. The van der Waals surface area contributed by atoms with Gasteiger partial charge in [0.15, 0.2) is 10.3 Å². The number of anilines is 2. The maximum absolute atomic E-state index is 11.8. The van der Waals surface area contributed by atoms with Crippen molar-refractivity contribution in [3.63, 3.8) is 0 Å². The first-order valence-corrected chi connectivity index (χ1v) is 21.9. The number of nitrogens with zero attached hydrogens (tertiary/aromatic N) is 6. The minimum absolute atomic E-state index is 0.141. The van der Waals surface area contributed by atoms with E-state index in [9.17, 15) is 29.8 Å². The van der Waals surface area contributed by atoms with Crippen molar-refractivity contribution >= 4 is 98.3 Å². The second-order valence-electron chi connectivity index (χ2n) is 10.1. The van der Waals surface area contributed by atoms with E-state index >= 15 is 0 Å². The number of methoxy groups -OCH3 is 1. The lowest BCUT2D eigenvalue weighted by molar-refractivity contribution is 0.415. The molecule has 1 heterocycles. The summed E-state index contributed by atoms with van der Waals surface area (Å²) in [5.41, 5.74) is 1.26. The van der Waals surface area contributed by atoms with Crippen molar-refractivity contribution in [2.75, 3.05) is 42.1 Å². The molecule has 4 aromatic rings. The van der Waals surface area contributed by atoms with Gasteiger partial charge >= 0.3 is 10.6 Å². The smallest absolute Gasteiger partial charge is 0.425 e. The average molecular weight is 839 g/mol. The molecule has 0 fully saturated rings. The summed E-state index contributed by atoms with van der Waals surface area (Å²) in [6, 6.07) is 14.3. The van der Waals surface area contributed by atoms with E-state index in [1.807, 2.05) is 0 Å². The van der Waals surface area contributed by atoms with E-state index < -0.39 is 52.5 Å². The summed E-state index contributed by atoms with van der Waals surface area (Å²) >= 11 is 2.29. The van der Waals surface area contributed by atoms with Crippen molar-refractivity contribution in [2.45, 2.75) is 28.0 Å². The van der Waals surface area contributed by atoms with Gasteiger partial charge in [0.05, 0.1) is 35.7 Å². The molecule has 0 atom stereocenters. The van der Waals surface area contributed by atoms with Crippen molar-refractivity contribution < 1.29 is 56.3 Å². The largest absolute Gasteiger partial charge is 0.494 e. The van der Waals surface area contributed by atoms with Crippen LogP contribution >= 0.6 is 23.5 Å². The SMILES string of the molecule is COc1cc(N=Nc2ccc3cccc(S(=O)(=O)O)c3c2)ccc1N(C)c1nc(SCCCS(=O)(=O)O)nc(SCCCS(=O)(=O)O)n1.O=S(=O)=O. The number of rotatable bonds is 16. The number of azo groups is 1. The molecule has 52 heavy (non-hydrogen) atoms. The van der Waals surface area contributed by atoms with E-state index in [0.717, 1.165) is 23.5 Å². The maximum atomic E-state index is 11.8. The Balaban J connectivity index is 0.00000173. The molecule has 25 heteroatoms. The van der Waals surface area contributed by atoms with Crippen LogP contribution < -0.4 is 9.64 Å². The number of thioether (sulfide) groups is 2. The molecule has 3 aromatic carbocycles. The van der Waals surface area contributed by atoms with Gasteiger partial charge in [0.25, 0.3) is 30.4 Å². The van der Waals surface area contributed by atoms with E-state index in [-0.39, 0.29) is 50.9 Å². The number of benzene rings is 3. The van der Waals surface area contributed by atoms with Gasteiger partial charge in [-0.15, -0.1) is 12.6 Å². The molecule has 0 aliphatic rings. The fourth-order valence-corrected chi connectivity index (χ4v) is 7.85. The first-order valence-electron chi connectivity index (χ1n) is 14.3. The average Bonchev–Trinajstić information content (AvgIpc) is 3.05. The third-order valence-corrected chi connectivity index (χ3v) is 10.7. The first kappa shape index (κ1) is 42.6. The molecule has 0 aliphatic heterocycles. The van der Waals surface area contributed by atoms with Crippen molar-refractivity contribution in [3.8, 4) is 5.75 Å². The molecular weight excluding hydrogens is 809 g/mol. The molecule has 282 valence electrons. The summed E-state index contributed by atoms with van der Waals surface area (Å²) in [5.74, 6) is 0.253. The Kier molecular flexibility index (Phi) is 15.4. The molecule has 3 N–H and O–H groups in total. The first-order chi connectivity index (χ1) is 24.3. The monoisotopic (exact) mass is 838 g/mol. The highest BCUT2D eigenvalue weighted by Gasteiger charge is 2.18. The van der Waals surface area contributed by atoms with Crippen molar-refractivity contribution in [1.29, 1.82) is 0 Å². The van der Waals surface area contributed by atoms with Crippen LogP contribution in [0.1, 0.15) is 12.8 Å². The summed E-state index contributed by atoms with van der Waals surface area (Å²) in [7, 11) is -12.7. The van der Waals surface area contributed by atoms with Crippen molar-refractivity contribution in [1.82, 2.24) is 15.0 Å². The van der Waals surface area contributed by atoms with Gasteiger partial charge in [0.1, 0.15) is 10.6 Å². The molecule has 0 spiro atoms. The second kappa shape index (κ2) is 18.8. The molecule has 0 unspecified atom stereocenters. The van der Waals surface area contributed by atoms with Gasteiger partial charge < -0.3 is 9.64 Å². The third kappa shape index (κ3) is 14.3. The topological polar surface area (TPSA) is 290 Å². The highest BCUT2D eigenvalue weighted by atomic mass is 32.2. The molecule has 0 aliphatic carbocycles. The van der Waals surface area contributed by atoms with E-state index in [1.54, 1.807) is 48.3 Å². The van der Waals surface area contributed by atoms with Gasteiger partial charge in [-0.25, -0.2) is 0 Å². The van der Waals surface area contributed by atoms with Crippen LogP contribution in [0.3, 0.4) is 0 Å². The molecule has 19 nitrogen and oxygen atoms in total. The molecular formula is C27H30N6O13S6. The number of hydrogen-bond acceptors (Lipinski definition) is 18. The second-order valence-corrected chi connectivity index (χ2v) is 17.2. The number of hydrogen-bond donors (Lipinski definition) is 3. The van der Waals surface area contributed by atoms with E-state index in [1.165, 1.54) is 25.3 Å². The molecule has 0 saturated carbocycles. The molecule has 0 saturated heterocycles. The lowest BCUT2D eigenvalue weighted by Crippen LogP contribution is -2.16. The van der Waals surface area contributed by atoms with Gasteiger partial charge in [0, 0.05) is 30.0 Å². The lowest BCUT2D eigenvalue weighted by Gasteiger charge is -2.20. The lowest BCUT2D eigenvalue weighted by atomic mass is 10.1. The number of aromatic nitrogens is 3. The predicted molar refractivity (Wildman–Crippen MR) is 192 cm³/mol. The van der Waals surface area contributed by atoms with E-state index in [2.05, 4.69) is 25.2 Å². The Morgan fingerprint density at radius 1 is 0.769 bits per heavy atom. The standard InChI is InChI=1S/C27H30N6O10S5.O3S/c1-33(25-28-26(44-12-4-14-46(34,35)36)30-27(29-25)45-13-5-15-47(37,38)39)22-11-10-20(17-23(22)43-2)32-31-19-9-8-18-6-3-7-24(21(18)16-19)48(40,41)42;1-4(2)3/h3,6-11,16-17H,4-5,12-15H2,1-2H3,(H,34,35,36)(H,37,38,39)(H,40,41,42);. The normalized spacial score (nSPS) is 12.0.